The maximum absolute atomic E-state index is 10.6. The van der Waals surface area contributed by atoms with Crippen LogP contribution in [0.15, 0.2) is 33.6 Å². The molecule has 3 N–H and O–H groups in total. The molecule has 0 spiro atoms. The van der Waals surface area contributed by atoms with Gasteiger partial charge in [-0.1, -0.05) is 12.1 Å². The largest absolute Gasteiger partial charge is 0.274 e. The summed E-state index contributed by atoms with van der Waals surface area (Å²) in [6.45, 7) is 0.398. The number of thioether (sulfide) groups is 1. The molecule has 0 saturated heterocycles. The zero-order valence-corrected chi connectivity index (χ0v) is 12.4. The van der Waals surface area contributed by atoms with Gasteiger partial charge in [-0.3, -0.25) is 0 Å². The molecule has 0 aliphatic rings. The fourth-order valence-electron chi connectivity index (χ4n) is 1.19. The second-order valence-electron chi connectivity index (χ2n) is 3.43. The molecule has 0 aliphatic heterocycles. The van der Waals surface area contributed by atoms with Gasteiger partial charge in [-0.15, -0.1) is 11.8 Å². The standard InChI is InChI=1S/C10H15BrN2O2S2/c11-9-5-1-2-6-10(9)16-8-4-3-7-13-17(12,14)15/h1-2,5-6,13H,3-4,7-8H2,(H2,12,14,15). The summed E-state index contributed by atoms with van der Waals surface area (Å²) in [6, 6.07) is 8.03. The lowest BCUT2D eigenvalue weighted by molar-refractivity contribution is 0.580. The molecule has 1 aromatic carbocycles. The van der Waals surface area contributed by atoms with E-state index in [-0.39, 0.29) is 0 Å². The van der Waals surface area contributed by atoms with Gasteiger partial charge in [-0.2, -0.15) is 8.42 Å². The zero-order valence-electron chi connectivity index (χ0n) is 9.23. The Morgan fingerprint density at radius 1 is 1.29 bits per heavy atom. The van der Waals surface area contributed by atoms with Crippen molar-refractivity contribution >= 4 is 37.9 Å². The van der Waals surface area contributed by atoms with Gasteiger partial charge in [0.2, 0.25) is 0 Å². The van der Waals surface area contributed by atoms with Crippen LogP contribution in [0, 0.1) is 0 Å². The predicted octanol–water partition coefficient (Wildman–Crippen LogP) is 2.11. The highest BCUT2D eigenvalue weighted by atomic mass is 79.9. The highest BCUT2D eigenvalue weighted by Gasteiger charge is 2.01. The number of benzene rings is 1. The molecule has 96 valence electrons. The van der Waals surface area contributed by atoms with E-state index in [1.807, 2.05) is 18.2 Å². The van der Waals surface area contributed by atoms with E-state index in [0.29, 0.717) is 6.54 Å². The Morgan fingerprint density at radius 3 is 2.65 bits per heavy atom. The molecule has 0 heterocycles. The first-order valence-electron chi connectivity index (χ1n) is 5.14. The molecule has 0 amide bonds. The summed E-state index contributed by atoms with van der Waals surface area (Å²) in [6.07, 6.45) is 1.72. The molecule has 0 bridgehead atoms. The van der Waals surface area contributed by atoms with E-state index in [4.69, 9.17) is 5.14 Å². The summed E-state index contributed by atoms with van der Waals surface area (Å²) in [7, 11) is -3.53. The molecule has 1 rings (SSSR count). The average Bonchev–Trinajstić information content (AvgIpc) is 2.24. The number of nitrogens with two attached hydrogens (primary N) is 1. The minimum Gasteiger partial charge on any atom is -0.216 e. The van der Waals surface area contributed by atoms with Crippen LogP contribution in [0.1, 0.15) is 12.8 Å². The summed E-state index contributed by atoms with van der Waals surface area (Å²) in [5.74, 6) is 0.953. The van der Waals surface area contributed by atoms with Crippen LogP contribution >= 0.6 is 27.7 Å². The van der Waals surface area contributed by atoms with E-state index >= 15 is 0 Å². The minimum atomic E-state index is -3.53. The number of hydrogen-bond donors (Lipinski definition) is 2. The lowest BCUT2D eigenvalue weighted by Gasteiger charge is -2.04. The normalized spacial score (nSPS) is 11.6. The third-order valence-corrected chi connectivity index (χ3v) is 4.69. The van der Waals surface area contributed by atoms with Gasteiger partial charge in [0, 0.05) is 15.9 Å². The molecule has 0 fully saturated rings. The van der Waals surface area contributed by atoms with Gasteiger partial charge in [0.25, 0.3) is 10.2 Å². The Labute approximate surface area is 115 Å². The van der Waals surface area contributed by atoms with Gasteiger partial charge < -0.3 is 0 Å². The predicted molar refractivity (Wildman–Crippen MR) is 75.2 cm³/mol. The first-order valence-corrected chi connectivity index (χ1v) is 8.46. The van der Waals surface area contributed by atoms with Gasteiger partial charge in [0.15, 0.2) is 0 Å². The lowest BCUT2D eigenvalue weighted by Crippen LogP contribution is -2.31. The molecular formula is C10H15BrN2O2S2. The Hall–Kier alpha value is -0.0800. The Morgan fingerprint density at radius 2 is 2.00 bits per heavy atom. The van der Waals surface area contributed by atoms with E-state index in [0.717, 1.165) is 23.1 Å². The lowest BCUT2D eigenvalue weighted by atomic mass is 10.3. The fourth-order valence-corrected chi connectivity index (χ4v) is 3.19. The topological polar surface area (TPSA) is 72.2 Å². The van der Waals surface area contributed by atoms with Crippen molar-refractivity contribution < 1.29 is 8.42 Å². The van der Waals surface area contributed by atoms with Crippen LogP contribution < -0.4 is 9.86 Å². The van der Waals surface area contributed by atoms with Crippen LogP contribution in [0.4, 0.5) is 0 Å². The number of nitrogens with one attached hydrogen (secondary N) is 1. The molecule has 0 aromatic heterocycles. The van der Waals surface area contributed by atoms with Crippen molar-refractivity contribution in [3.63, 3.8) is 0 Å². The molecule has 0 saturated carbocycles. The quantitative estimate of drug-likeness (QED) is 0.590. The van der Waals surface area contributed by atoms with Crippen molar-refractivity contribution in [2.75, 3.05) is 12.3 Å². The van der Waals surface area contributed by atoms with E-state index in [9.17, 15) is 8.42 Å². The van der Waals surface area contributed by atoms with Crippen molar-refractivity contribution in [1.82, 2.24) is 4.72 Å². The number of unbranched alkanes of at least 4 members (excludes halogenated alkanes) is 1. The van der Waals surface area contributed by atoms with Crippen LogP contribution in [-0.2, 0) is 10.2 Å². The van der Waals surface area contributed by atoms with Crippen LogP contribution in [0.2, 0.25) is 0 Å². The summed E-state index contributed by atoms with van der Waals surface area (Å²) in [4.78, 5) is 1.20. The maximum Gasteiger partial charge on any atom is 0.274 e. The van der Waals surface area contributed by atoms with E-state index < -0.39 is 10.2 Å². The fraction of sp³-hybridized carbons (Fsp3) is 0.400. The molecule has 0 unspecified atom stereocenters. The second kappa shape index (κ2) is 7.38. The minimum absolute atomic E-state index is 0.398. The molecule has 0 atom stereocenters. The van der Waals surface area contributed by atoms with E-state index in [2.05, 4.69) is 26.7 Å². The molecular weight excluding hydrogens is 324 g/mol. The first kappa shape index (κ1) is 15.0. The third kappa shape index (κ3) is 7.05. The average molecular weight is 339 g/mol. The molecule has 7 heteroatoms. The number of rotatable bonds is 7. The van der Waals surface area contributed by atoms with Gasteiger partial charge in [0.05, 0.1) is 0 Å². The molecule has 0 radical (unpaired) electrons. The van der Waals surface area contributed by atoms with Gasteiger partial charge in [-0.05, 0) is 46.7 Å². The van der Waals surface area contributed by atoms with Gasteiger partial charge >= 0.3 is 0 Å². The summed E-state index contributed by atoms with van der Waals surface area (Å²) in [5, 5.41) is 4.81. The molecule has 4 nitrogen and oxygen atoms in total. The summed E-state index contributed by atoms with van der Waals surface area (Å²) in [5.41, 5.74) is 0. The van der Waals surface area contributed by atoms with Gasteiger partial charge in [0.1, 0.15) is 0 Å². The number of hydrogen-bond acceptors (Lipinski definition) is 3. The second-order valence-corrected chi connectivity index (χ2v) is 6.80. The van der Waals surface area contributed by atoms with Crippen molar-refractivity contribution in [2.45, 2.75) is 17.7 Å². The molecule has 1 aromatic rings. The zero-order chi connectivity index (χ0) is 12.7. The summed E-state index contributed by atoms with van der Waals surface area (Å²) < 4.78 is 24.5. The summed E-state index contributed by atoms with van der Waals surface area (Å²) >= 11 is 5.23. The van der Waals surface area contributed by atoms with Crippen LogP contribution in [0.5, 0.6) is 0 Å². The smallest absolute Gasteiger partial charge is 0.216 e. The number of halogens is 1. The van der Waals surface area contributed by atoms with Gasteiger partial charge in [-0.25, -0.2) is 9.86 Å². The first-order chi connectivity index (χ1) is 7.99. The highest BCUT2D eigenvalue weighted by Crippen LogP contribution is 2.27. The Kier molecular flexibility index (Phi) is 6.50. The maximum atomic E-state index is 10.6. The van der Waals surface area contributed by atoms with E-state index in [1.165, 1.54) is 4.90 Å². The Bertz CT molecular complexity index is 451. The highest BCUT2D eigenvalue weighted by molar-refractivity contribution is 9.10. The molecule has 0 aliphatic carbocycles. The van der Waals surface area contributed by atoms with E-state index in [1.54, 1.807) is 11.8 Å². The monoisotopic (exact) mass is 338 g/mol. The van der Waals surface area contributed by atoms with Crippen LogP contribution in [0.25, 0.3) is 0 Å². The third-order valence-electron chi connectivity index (χ3n) is 1.97. The van der Waals surface area contributed by atoms with Crippen molar-refractivity contribution in [2.24, 2.45) is 5.14 Å². The van der Waals surface area contributed by atoms with Crippen molar-refractivity contribution in [3.8, 4) is 0 Å². The van der Waals surface area contributed by atoms with Crippen molar-refractivity contribution in [1.29, 1.82) is 0 Å². The van der Waals surface area contributed by atoms with Crippen LogP contribution in [-0.4, -0.2) is 20.7 Å². The molecule has 17 heavy (non-hydrogen) atoms. The SMILES string of the molecule is NS(=O)(=O)NCCCCSc1ccccc1Br. The van der Waals surface area contributed by atoms with Crippen molar-refractivity contribution in [3.05, 3.63) is 28.7 Å². The Balaban J connectivity index is 2.15. The van der Waals surface area contributed by atoms with Crippen LogP contribution in [0.3, 0.4) is 0 Å².